The van der Waals surface area contributed by atoms with E-state index in [1.54, 1.807) is 0 Å². The standard InChI is InChI=1S/C17H30N4S.HI/c1-14-12-16(21(3)4)9-8-15(14)13-20-17(18-2)19-10-6-7-11-22-5;/h8-9,12H,6-7,10-11,13H2,1-5H3,(H2,18,19,20);1H. The van der Waals surface area contributed by atoms with Crippen LogP contribution in [0.25, 0.3) is 0 Å². The Balaban J connectivity index is 0.00000484. The molecule has 0 aromatic heterocycles. The van der Waals surface area contributed by atoms with E-state index in [4.69, 9.17) is 0 Å². The minimum atomic E-state index is 0. The first-order valence-electron chi connectivity index (χ1n) is 7.78. The normalized spacial score (nSPS) is 10.9. The predicted octanol–water partition coefficient (Wildman–Crippen LogP) is 3.49. The van der Waals surface area contributed by atoms with Crippen molar-refractivity contribution in [2.24, 2.45) is 4.99 Å². The molecule has 0 amide bonds. The summed E-state index contributed by atoms with van der Waals surface area (Å²) in [6.07, 6.45) is 4.58. The summed E-state index contributed by atoms with van der Waals surface area (Å²) in [6.45, 7) is 3.92. The average Bonchev–Trinajstić information content (AvgIpc) is 2.51. The van der Waals surface area contributed by atoms with Gasteiger partial charge in [0.15, 0.2) is 5.96 Å². The van der Waals surface area contributed by atoms with Crippen molar-refractivity contribution in [3.05, 3.63) is 29.3 Å². The minimum Gasteiger partial charge on any atom is -0.378 e. The maximum atomic E-state index is 4.28. The Bertz CT molecular complexity index is 478. The molecule has 0 radical (unpaired) electrons. The number of hydrogen-bond donors (Lipinski definition) is 2. The summed E-state index contributed by atoms with van der Waals surface area (Å²) in [5.41, 5.74) is 3.84. The fourth-order valence-corrected chi connectivity index (χ4v) is 2.63. The van der Waals surface area contributed by atoms with Crippen LogP contribution in [0.3, 0.4) is 0 Å². The number of nitrogens with zero attached hydrogens (tertiary/aromatic N) is 2. The summed E-state index contributed by atoms with van der Waals surface area (Å²) in [4.78, 5) is 6.40. The molecule has 0 saturated heterocycles. The zero-order chi connectivity index (χ0) is 16.4. The lowest BCUT2D eigenvalue weighted by Crippen LogP contribution is -2.37. The van der Waals surface area contributed by atoms with E-state index in [0.717, 1.165) is 19.0 Å². The second-order valence-electron chi connectivity index (χ2n) is 5.56. The lowest BCUT2D eigenvalue weighted by molar-refractivity contribution is 0.732. The molecule has 0 atom stereocenters. The minimum absolute atomic E-state index is 0. The first-order chi connectivity index (χ1) is 10.6. The van der Waals surface area contributed by atoms with Crippen molar-refractivity contribution < 1.29 is 0 Å². The summed E-state index contributed by atoms with van der Waals surface area (Å²) in [5.74, 6) is 2.10. The first kappa shape index (κ1) is 22.4. The van der Waals surface area contributed by atoms with Crippen LogP contribution in [0, 0.1) is 6.92 Å². The van der Waals surface area contributed by atoms with Gasteiger partial charge in [0.05, 0.1) is 0 Å². The summed E-state index contributed by atoms with van der Waals surface area (Å²) in [5, 5.41) is 6.76. The maximum absolute atomic E-state index is 4.28. The molecule has 1 aromatic rings. The third-order valence-electron chi connectivity index (χ3n) is 3.58. The smallest absolute Gasteiger partial charge is 0.191 e. The molecular formula is C17H31IN4S. The van der Waals surface area contributed by atoms with Gasteiger partial charge in [-0.2, -0.15) is 11.8 Å². The number of guanidine groups is 1. The van der Waals surface area contributed by atoms with Crippen molar-refractivity contribution in [2.75, 3.05) is 44.6 Å². The number of aryl methyl sites for hydroxylation is 1. The number of benzene rings is 1. The summed E-state index contributed by atoms with van der Waals surface area (Å²) < 4.78 is 0. The molecule has 132 valence electrons. The molecule has 0 aliphatic carbocycles. The van der Waals surface area contributed by atoms with Gasteiger partial charge in [-0.1, -0.05) is 6.07 Å². The molecule has 2 N–H and O–H groups in total. The summed E-state index contributed by atoms with van der Waals surface area (Å²) in [7, 11) is 5.95. The summed E-state index contributed by atoms with van der Waals surface area (Å²) >= 11 is 1.90. The predicted molar refractivity (Wildman–Crippen MR) is 117 cm³/mol. The lowest BCUT2D eigenvalue weighted by Gasteiger charge is -2.16. The van der Waals surface area contributed by atoms with E-state index in [2.05, 4.69) is 66.0 Å². The third-order valence-corrected chi connectivity index (χ3v) is 4.28. The van der Waals surface area contributed by atoms with Crippen LogP contribution in [0.4, 0.5) is 5.69 Å². The van der Waals surface area contributed by atoms with Crippen molar-refractivity contribution in [1.29, 1.82) is 0 Å². The van der Waals surface area contributed by atoms with Gasteiger partial charge in [-0.3, -0.25) is 4.99 Å². The van der Waals surface area contributed by atoms with E-state index >= 15 is 0 Å². The van der Waals surface area contributed by atoms with E-state index in [1.165, 1.54) is 35.4 Å². The van der Waals surface area contributed by atoms with Crippen molar-refractivity contribution in [3.8, 4) is 0 Å². The number of unbranched alkanes of at least 4 members (excludes halogenated alkanes) is 1. The highest BCUT2D eigenvalue weighted by molar-refractivity contribution is 14.0. The molecular weight excluding hydrogens is 419 g/mol. The second kappa shape index (κ2) is 12.8. The van der Waals surface area contributed by atoms with Gasteiger partial charge < -0.3 is 15.5 Å². The number of nitrogens with one attached hydrogen (secondary N) is 2. The highest BCUT2D eigenvalue weighted by Gasteiger charge is 2.03. The van der Waals surface area contributed by atoms with Crippen LogP contribution >= 0.6 is 35.7 Å². The number of thioether (sulfide) groups is 1. The molecule has 0 unspecified atom stereocenters. The molecule has 0 saturated carbocycles. The largest absolute Gasteiger partial charge is 0.378 e. The topological polar surface area (TPSA) is 39.7 Å². The van der Waals surface area contributed by atoms with Crippen LogP contribution in [-0.2, 0) is 6.54 Å². The second-order valence-corrected chi connectivity index (χ2v) is 6.54. The van der Waals surface area contributed by atoms with E-state index in [1.807, 2.05) is 18.8 Å². The van der Waals surface area contributed by atoms with Gasteiger partial charge in [0.2, 0.25) is 0 Å². The quantitative estimate of drug-likeness (QED) is 0.275. The lowest BCUT2D eigenvalue weighted by atomic mass is 10.1. The van der Waals surface area contributed by atoms with Gasteiger partial charge >= 0.3 is 0 Å². The number of halogens is 1. The SMILES string of the molecule is CN=C(NCCCCSC)NCc1ccc(N(C)C)cc1C.I. The Morgan fingerprint density at radius 1 is 1.22 bits per heavy atom. The molecule has 0 bridgehead atoms. The zero-order valence-electron chi connectivity index (χ0n) is 15.0. The number of rotatable bonds is 8. The van der Waals surface area contributed by atoms with Gasteiger partial charge in [0.1, 0.15) is 0 Å². The van der Waals surface area contributed by atoms with Crippen LogP contribution in [0.15, 0.2) is 23.2 Å². The Labute approximate surface area is 162 Å². The highest BCUT2D eigenvalue weighted by atomic mass is 127. The van der Waals surface area contributed by atoms with E-state index in [9.17, 15) is 0 Å². The Kier molecular flexibility index (Phi) is 12.4. The number of aliphatic imine (C=N–C) groups is 1. The Hall–Kier alpha value is -0.630. The maximum Gasteiger partial charge on any atom is 0.191 e. The van der Waals surface area contributed by atoms with E-state index in [-0.39, 0.29) is 24.0 Å². The van der Waals surface area contributed by atoms with Gasteiger partial charge in [-0.05, 0) is 55.0 Å². The van der Waals surface area contributed by atoms with Crippen molar-refractivity contribution in [1.82, 2.24) is 10.6 Å². The molecule has 1 rings (SSSR count). The Morgan fingerprint density at radius 3 is 2.52 bits per heavy atom. The van der Waals surface area contributed by atoms with Crippen LogP contribution in [0.5, 0.6) is 0 Å². The molecule has 6 heteroatoms. The van der Waals surface area contributed by atoms with Crippen LogP contribution < -0.4 is 15.5 Å². The fourth-order valence-electron chi connectivity index (χ4n) is 2.13. The molecule has 1 aromatic carbocycles. The number of hydrogen-bond acceptors (Lipinski definition) is 3. The molecule has 0 spiro atoms. The third kappa shape index (κ3) is 8.69. The average molecular weight is 450 g/mol. The van der Waals surface area contributed by atoms with Crippen LogP contribution in [0.2, 0.25) is 0 Å². The van der Waals surface area contributed by atoms with Gasteiger partial charge in [-0.15, -0.1) is 24.0 Å². The first-order valence-corrected chi connectivity index (χ1v) is 9.18. The van der Waals surface area contributed by atoms with Gasteiger partial charge in [0, 0.05) is 39.9 Å². The van der Waals surface area contributed by atoms with Gasteiger partial charge in [0.25, 0.3) is 0 Å². The molecule has 4 nitrogen and oxygen atoms in total. The van der Waals surface area contributed by atoms with Crippen LogP contribution in [0.1, 0.15) is 24.0 Å². The molecule has 0 heterocycles. The van der Waals surface area contributed by atoms with Crippen LogP contribution in [-0.4, -0.2) is 45.7 Å². The number of anilines is 1. The molecule has 0 aliphatic heterocycles. The van der Waals surface area contributed by atoms with E-state index in [0.29, 0.717) is 0 Å². The van der Waals surface area contributed by atoms with Crippen molar-refractivity contribution in [3.63, 3.8) is 0 Å². The molecule has 23 heavy (non-hydrogen) atoms. The van der Waals surface area contributed by atoms with Crippen molar-refractivity contribution >= 4 is 47.4 Å². The van der Waals surface area contributed by atoms with Crippen molar-refractivity contribution in [2.45, 2.75) is 26.3 Å². The summed E-state index contributed by atoms with van der Waals surface area (Å²) in [6, 6.07) is 6.56. The Morgan fingerprint density at radius 2 is 1.96 bits per heavy atom. The highest BCUT2D eigenvalue weighted by Crippen LogP contribution is 2.17. The van der Waals surface area contributed by atoms with E-state index < -0.39 is 0 Å². The van der Waals surface area contributed by atoms with Gasteiger partial charge in [-0.25, -0.2) is 0 Å². The fraction of sp³-hybridized carbons (Fsp3) is 0.588. The molecule has 0 fully saturated rings. The molecule has 0 aliphatic rings. The zero-order valence-corrected chi connectivity index (χ0v) is 18.1. The monoisotopic (exact) mass is 450 g/mol.